The molecular formula is C14H12Cl3NO3S. The fraction of sp³-hybridized carbons (Fsp3) is 0.143. The second-order valence-corrected chi connectivity index (χ2v) is 7.25. The average Bonchev–Trinajstić information content (AvgIpc) is 2.46. The van der Waals surface area contributed by atoms with Crippen LogP contribution in [0.2, 0.25) is 15.1 Å². The number of methoxy groups -OCH3 is 1. The van der Waals surface area contributed by atoms with Crippen LogP contribution in [0.3, 0.4) is 0 Å². The third-order valence-electron chi connectivity index (χ3n) is 3.02. The summed E-state index contributed by atoms with van der Waals surface area (Å²) < 4.78 is 32.7. The lowest BCUT2D eigenvalue weighted by atomic mass is 10.2. The molecule has 0 fully saturated rings. The molecule has 0 aliphatic rings. The molecule has 8 heteroatoms. The molecule has 2 aromatic carbocycles. The van der Waals surface area contributed by atoms with Crippen LogP contribution >= 0.6 is 34.8 Å². The zero-order chi connectivity index (χ0) is 16.5. The first-order chi connectivity index (χ1) is 10.3. The number of benzene rings is 2. The molecule has 0 atom stereocenters. The van der Waals surface area contributed by atoms with E-state index in [-0.39, 0.29) is 20.7 Å². The summed E-state index contributed by atoms with van der Waals surface area (Å²) in [7, 11) is -2.59. The Morgan fingerprint density at radius 3 is 2.36 bits per heavy atom. The van der Waals surface area contributed by atoms with Gasteiger partial charge in [0.2, 0.25) is 0 Å². The van der Waals surface area contributed by atoms with E-state index < -0.39 is 10.0 Å². The van der Waals surface area contributed by atoms with Gasteiger partial charge >= 0.3 is 0 Å². The summed E-state index contributed by atoms with van der Waals surface area (Å²) in [5, 5.41) is 0.701. The Balaban J connectivity index is 2.52. The fourth-order valence-electron chi connectivity index (χ4n) is 1.83. The van der Waals surface area contributed by atoms with Gasteiger partial charge in [0.05, 0.1) is 17.8 Å². The fourth-order valence-corrected chi connectivity index (χ4v) is 3.75. The van der Waals surface area contributed by atoms with E-state index in [2.05, 4.69) is 4.72 Å². The van der Waals surface area contributed by atoms with Crippen molar-refractivity contribution < 1.29 is 13.2 Å². The Morgan fingerprint density at radius 1 is 1.05 bits per heavy atom. The van der Waals surface area contributed by atoms with Crippen molar-refractivity contribution in [2.24, 2.45) is 0 Å². The number of ether oxygens (including phenoxy) is 1. The zero-order valence-electron chi connectivity index (χ0n) is 11.7. The highest BCUT2D eigenvalue weighted by Crippen LogP contribution is 2.38. The van der Waals surface area contributed by atoms with Crippen LogP contribution < -0.4 is 9.46 Å². The largest absolute Gasteiger partial charge is 0.494 e. The molecule has 2 rings (SSSR count). The summed E-state index contributed by atoms with van der Waals surface area (Å²) in [4.78, 5) is -0.108. The Labute approximate surface area is 144 Å². The van der Waals surface area contributed by atoms with Gasteiger partial charge in [-0.1, -0.05) is 40.9 Å². The molecule has 0 radical (unpaired) electrons. The predicted molar refractivity (Wildman–Crippen MR) is 90.0 cm³/mol. The molecule has 0 spiro atoms. The molecule has 22 heavy (non-hydrogen) atoms. The molecule has 0 amide bonds. The molecule has 0 aliphatic carbocycles. The van der Waals surface area contributed by atoms with Crippen molar-refractivity contribution in [1.82, 2.24) is 0 Å². The van der Waals surface area contributed by atoms with Crippen LogP contribution in [-0.4, -0.2) is 15.5 Å². The smallest absolute Gasteiger partial charge is 0.265 e. The highest BCUT2D eigenvalue weighted by molar-refractivity contribution is 7.92. The van der Waals surface area contributed by atoms with E-state index >= 15 is 0 Å². The molecule has 0 aliphatic heterocycles. The first-order valence-electron chi connectivity index (χ1n) is 6.08. The van der Waals surface area contributed by atoms with Crippen molar-refractivity contribution in [2.75, 3.05) is 11.8 Å². The van der Waals surface area contributed by atoms with Crippen molar-refractivity contribution >= 4 is 50.5 Å². The third-order valence-corrected chi connectivity index (χ3v) is 5.61. The zero-order valence-corrected chi connectivity index (χ0v) is 14.7. The van der Waals surface area contributed by atoms with E-state index in [9.17, 15) is 8.42 Å². The summed E-state index contributed by atoms with van der Waals surface area (Å²) in [5.41, 5.74) is 0.993. The number of rotatable bonds is 4. The topological polar surface area (TPSA) is 55.4 Å². The van der Waals surface area contributed by atoms with Crippen LogP contribution in [0.1, 0.15) is 5.56 Å². The minimum absolute atomic E-state index is 0.0126. The molecule has 2 aromatic rings. The lowest BCUT2D eigenvalue weighted by molar-refractivity contribution is 0.403. The van der Waals surface area contributed by atoms with Crippen molar-refractivity contribution in [3.63, 3.8) is 0 Å². The molecule has 0 aromatic heterocycles. The molecule has 0 unspecified atom stereocenters. The molecule has 1 N–H and O–H groups in total. The predicted octanol–water partition coefficient (Wildman–Crippen LogP) is 4.76. The van der Waals surface area contributed by atoms with Crippen LogP contribution in [0.15, 0.2) is 35.2 Å². The maximum atomic E-state index is 12.6. The number of hydrogen-bond donors (Lipinski definition) is 1. The van der Waals surface area contributed by atoms with Crippen LogP contribution in [0.5, 0.6) is 5.75 Å². The summed E-state index contributed by atoms with van der Waals surface area (Å²) in [6.07, 6.45) is 0. The quantitative estimate of drug-likeness (QED) is 0.831. The molecule has 0 bridgehead atoms. The molecular weight excluding hydrogens is 369 g/mol. The van der Waals surface area contributed by atoms with Crippen LogP contribution in [0, 0.1) is 6.92 Å². The number of halogens is 3. The van der Waals surface area contributed by atoms with Gasteiger partial charge in [-0.2, -0.15) is 0 Å². The van der Waals surface area contributed by atoms with Gasteiger partial charge in [0.1, 0.15) is 9.92 Å². The van der Waals surface area contributed by atoms with E-state index in [0.29, 0.717) is 16.3 Å². The van der Waals surface area contributed by atoms with E-state index in [1.165, 1.54) is 19.2 Å². The Bertz CT molecular complexity index is 822. The Morgan fingerprint density at radius 2 is 1.73 bits per heavy atom. The average molecular weight is 381 g/mol. The van der Waals surface area contributed by atoms with Gasteiger partial charge in [0.15, 0.2) is 5.75 Å². The first kappa shape index (κ1) is 17.2. The van der Waals surface area contributed by atoms with Gasteiger partial charge in [0.25, 0.3) is 10.0 Å². The molecule has 0 saturated heterocycles. The number of anilines is 1. The van der Waals surface area contributed by atoms with Crippen LogP contribution in [-0.2, 0) is 10.0 Å². The molecule has 118 valence electrons. The maximum Gasteiger partial charge on any atom is 0.265 e. The van der Waals surface area contributed by atoms with Crippen molar-refractivity contribution in [1.29, 1.82) is 0 Å². The highest BCUT2D eigenvalue weighted by atomic mass is 35.5. The summed E-state index contributed by atoms with van der Waals surface area (Å²) in [5.74, 6) is -0.0126. The summed E-state index contributed by atoms with van der Waals surface area (Å²) in [6.45, 7) is 1.71. The third kappa shape index (κ3) is 3.27. The normalized spacial score (nSPS) is 11.3. The lowest BCUT2D eigenvalue weighted by Gasteiger charge is -2.15. The van der Waals surface area contributed by atoms with Gasteiger partial charge in [0, 0.05) is 5.02 Å². The number of hydrogen-bond acceptors (Lipinski definition) is 3. The monoisotopic (exact) mass is 379 g/mol. The van der Waals surface area contributed by atoms with E-state index in [4.69, 9.17) is 39.5 Å². The molecule has 4 nitrogen and oxygen atoms in total. The van der Waals surface area contributed by atoms with Gasteiger partial charge in [-0.25, -0.2) is 8.42 Å². The van der Waals surface area contributed by atoms with Crippen molar-refractivity contribution in [2.45, 2.75) is 11.8 Å². The number of nitrogens with one attached hydrogen (secondary N) is 1. The van der Waals surface area contributed by atoms with E-state index in [1.807, 2.05) is 0 Å². The summed E-state index contributed by atoms with van der Waals surface area (Å²) >= 11 is 17.9. The van der Waals surface area contributed by atoms with Gasteiger partial charge in [-0.15, -0.1) is 0 Å². The van der Waals surface area contributed by atoms with Crippen molar-refractivity contribution in [3.05, 3.63) is 51.0 Å². The number of sulfonamides is 1. The van der Waals surface area contributed by atoms with Gasteiger partial charge in [-0.3, -0.25) is 4.72 Å². The van der Waals surface area contributed by atoms with Gasteiger partial charge in [-0.05, 0) is 36.8 Å². The van der Waals surface area contributed by atoms with E-state index in [1.54, 1.807) is 25.1 Å². The molecule has 0 saturated carbocycles. The van der Waals surface area contributed by atoms with Crippen LogP contribution in [0.4, 0.5) is 5.69 Å². The van der Waals surface area contributed by atoms with E-state index in [0.717, 1.165) is 0 Å². The Hall–Kier alpha value is -1.14. The lowest BCUT2D eigenvalue weighted by Crippen LogP contribution is -2.15. The molecule has 0 heterocycles. The second-order valence-electron chi connectivity index (χ2n) is 4.41. The van der Waals surface area contributed by atoms with Crippen LogP contribution in [0.25, 0.3) is 0 Å². The minimum Gasteiger partial charge on any atom is -0.494 e. The van der Waals surface area contributed by atoms with Gasteiger partial charge < -0.3 is 4.74 Å². The minimum atomic E-state index is -3.91. The Kier molecular flexibility index (Phi) is 5.12. The standard InChI is InChI=1S/C14H12Cl3NO3S/c1-8-9(15)4-3-5-11(8)18-22(19,20)12-7-6-10(16)13(17)14(12)21-2/h3-7,18H,1-2H3. The van der Waals surface area contributed by atoms with Crippen molar-refractivity contribution in [3.8, 4) is 5.75 Å². The maximum absolute atomic E-state index is 12.6. The summed E-state index contributed by atoms with van der Waals surface area (Å²) in [6, 6.07) is 7.66. The first-order valence-corrected chi connectivity index (χ1v) is 8.69. The highest BCUT2D eigenvalue weighted by Gasteiger charge is 2.24. The SMILES string of the molecule is COc1c(S(=O)(=O)Nc2cccc(Cl)c2C)ccc(Cl)c1Cl. The second kappa shape index (κ2) is 6.54.